The molecule has 0 bridgehead atoms. The van der Waals surface area contributed by atoms with E-state index < -0.39 is 5.41 Å². The Morgan fingerprint density at radius 1 is 1.21 bits per heavy atom. The number of thiocarbonyl (C=S) groups is 2. The number of carbonyl (C=O) groups excluding carboxylic acids is 1. The molecule has 1 rings (SSSR count). The topological polar surface area (TPSA) is 43.1 Å². The Morgan fingerprint density at radius 2 is 1.63 bits per heavy atom. The Kier molecular flexibility index (Phi) is 4.35. The van der Waals surface area contributed by atoms with Crippen molar-refractivity contribution in [3.63, 3.8) is 0 Å². The first-order chi connectivity index (χ1) is 8.51. The fourth-order valence-electron chi connectivity index (χ4n) is 3.15. The van der Waals surface area contributed by atoms with Crippen LogP contribution in [0.2, 0.25) is 0 Å². The van der Waals surface area contributed by atoms with Crippen LogP contribution in [0.15, 0.2) is 12.2 Å². The second kappa shape index (κ2) is 5.04. The van der Waals surface area contributed by atoms with Gasteiger partial charge in [-0.3, -0.25) is 4.79 Å². The molecule has 0 atom stereocenters. The normalized spacial score (nSPS) is 19.0. The average Bonchev–Trinajstić information content (AvgIpc) is 2.54. The first kappa shape index (κ1) is 16.4. The number of hydrogen-bond acceptors (Lipinski definition) is 3. The monoisotopic (exact) mass is 299 g/mol. The first-order valence-electron chi connectivity index (χ1n) is 6.46. The van der Waals surface area contributed by atoms with Gasteiger partial charge in [-0.1, -0.05) is 13.8 Å². The fourth-order valence-corrected chi connectivity index (χ4v) is 4.29. The molecule has 0 saturated carbocycles. The maximum atomic E-state index is 11.6. The molecule has 0 unspecified atom stereocenters. The van der Waals surface area contributed by atoms with Crippen molar-refractivity contribution in [1.29, 1.82) is 0 Å². The molecule has 0 aromatic heterocycles. The quantitative estimate of drug-likeness (QED) is 0.627. The maximum Gasteiger partial charge on any atom is 0.223 e. The van der Waals surface area contributed by atoms with Crippen LogP contribution in [0.25, 0.3) is 0 Å². The van der Waals surface area contributed by atoms with E-state index in [2.05, 4.69) is 20.8 Å². The molecule has 1 heterocycles. The summed E-state index contributed by atoms with van der Waals surface area (Å²) in [7, 11) is 0. The van der Waals surface area contributed by atoms with Crippen LogP contribution in [0.5, 0.6) is 0 Å². The van der Waals surface area contributed by atoms with Gasteiger partial charge in [0.1, 0.15) is 5.54 Å². The van der Waals surface area contributed by atoms with Gasteiger partial charge in [-0.05, 0) is 45.2 Å². The molecule has 1 aliphatic rings. The zero-order valence-electron chi connectivity index (χ0n) is 12.3. The summed E-state index contributed by atoms with van der Waals surface area (Å²) in [4.78, 5) is 13.2. The van der Waals surface area contributed by atoms with E-state index >= 15 is 0 Å². The van der Waals surface area contributed by atoms with Crippen LogP contribution < -0.4 is 5.73 Å². The van der Waals surface area contributed by atoms with Gasteiger partial charge in [0.15, 0.2) is 0 Å². The predicted octanol–water partition coefficient (Wildman–Crippen LogP) is 2.73. The summed E-state index contributed by atoms with van der Waals surface area (Å²) in [6.07, 6.45) is 4.44. The maximum absolute atomic E-state index is 11.6. The molecule has 1 amide bonds. The van der Waals surface area contributed by atoms with Crippen molar-refractivity contribution in [2.45, 2.75) is 46.6 Å². The summed E-state index contributed by atoms with van der Waals surface area (Å²) in [5.74, 6) is -0.293. The standard InChI is InChI=1S/C14H22N2OS2/c1-6-16(10(18)7-8-11(16)19)14(4,5)9-13(2,3)12(15)17/h7-8H,6,9H2,1-5H3,(H-,15,17)/p+1. The average molecular weight is 299 g/mol. The molecule has 0 aliphatic carbocycles. The molecule has 0 spiro atoms. The number of nitrogens with two attached hydrogens (primary N) is 1. The molecular formula is C14H23N2OS2+. The summed E-state index contributed by atoms with van der Waals surface area (Å²) < 4.78 is 0.467. The lowest BCUT2D eigenvalue weighted by atomic mass is 9.77. The van der Waals surface area contributed by atoms with E-state index in [1.165, 1.54) is 0 Å². The Bertz CT molecular complexity index is 446. The van der Waals surface area contributed by atoms with Crippen LogP contribution in [0.1, 0.15) is 41.0 Å². The van der Waals surface area contributed by atoms with E-state index in [1.807, 2.05) is 26.0 Å². The van der Waals surface area contributed by atoms with Gasteiger partial charge < -0.3 is 5.73 Å². The van der Waals surface area contributed by atoms with Crippen LogP contribution in [-0.2, 0) is 4.79 Å². The third kappa shape index (κ3) is 2.51. The smallest absolute Gasteiger partial charge is 0.223 e. The molecule has 0 fully saturated rings. The number of hydrogen-bond donors (Lipinski definition) is 1. The van der Waals surface area contributed by atoms with Gasteiger partial charge in [-0.2, -0.15) is 0 Å². The SMILES string of the molecule is CC[N+]1(C(C)(C)CC(C)(C)C(N)=O)C(=S)C=CC1=S. The Labute approximate surface area is 126 Å². The molecular weight excluding hydrogens is 276 g/mol. The number of amides is 1. The van der Waals surface area contributed by atoms with Crippen LogP contribution in [0, 0.1) is 5.41 Å². The van der Waals surface area contributed by atoms with Crippen molar-refractivity contribution in [2.24, 2.45) is 11.1 Å². The third-order valence-corrected chi connectivity index (χ3v) is 5.07. The molecule has 2 N–H and O–H groups in total. The Hall–Kier alpha value is -0.650. The van der Waals surface area contributed by atoms with Crippen molar-refractivity contribution < 1.29 is 9.28 Å². The van der Waals surface area contributed by atoms with Gasteiger partial charge in [0.25, 0.3) is 0 Å². The number of primary amides is 1. The van der Waals surface area contributed by atoms with E-state index in [-0.39, 0.29) is 11.4 Å². The number of carbonyl (C=O) groups is 1. The lowest BCUT2D eigenvalue weighted by Crippen LogP contribution is -2.65. The van der Waals surface area contributed by atoms with Crippen molar-refractivity contribution >= 4 is 40.3 Å². The first-order valence-corrected chi connectivity index (χ1v) is 7.28. The van der Waals surface area contributed by atoms with Gasteiger partial charge in [0.05, 0.1) is 6.54 Å². The van der Waals surface area contributed by atoms with Gasteiger partial charge >= 0.3 is 0 Å². The highest BCUT2D eigenvalue weighted by atomic mass is 32.1. The highest BCUT2D eigenvalue weighted by Gasteiger charge is 2.53. The minimum absolute atomic E-state index is 0.273. The van der Waals surface area contributed by atoms with Crippen molar-refractivity contribution in [3.05, 3.63) is 12.2 Å². The van der Waals surface area contributed by atoms with E-state index in [0.717, 1.165) is 16.5 Å². The summed E-state index contributed by atoms with van der Waals surface area (Å²) >= 11 is 11.0. The van der Waals surface area contributed by atoms with Crippen LogP contribution in [0.3, 0.4) is 0 Å². The third-order valence-electron chi connectivity index (χ3n) is 4.17. The van der Waals surface area contributed by atoms with E-state index in [4.69, 9.17) is 30.2 Å². The lowest BCUT2D eigenvalue weighted by Gasteiger charge is -2.48. The molecule has 0 aromatic carbocycles. The fraction of sp³-hybridized carbons (Fsp3) is 0.643. The molecule has 0 radical (unpaired) electrons. The van der Waals surface area contributed by atoms with Crippen molar-refractivity contribution in [3.8, 4) is 0 Å². The second-order valence-electron chi connectivity index (χ2n) is 6.37. The lowest BCUT2D eigenvalue weighted by molar-refractivity contribution is -0.796. The molecule has 0 aromatic rings. The van der Waals surface area contributed by atoms with Gasteiger partial charge in [-0.15, -0.1) is 0 Å². The van der Waals surface area contributed by atoms with Gasteiger partial charge in [0.2, 0.25) is 15.9 Å². The van der Waals surface area contributed by atoms with Crippen molar-refractivity contribution in [2.75, 3.05) is 6.54 Å². The summed E-state index contributed by atoms with van der Waals surface area (Å²) in [6, 6.07) is 0. The molecule has 5 heteroatoms. The number of likely N-dealkylation sites (N-methyl/N-ethyl adjacent to an activating group) is 1. The number of rotatable bonds is 5. The zero-order chi connectivity index (χ0) is 15.1. The highest BCUT2D eigenvalue weighted by molar-refractivity contribution is 7.82. The van der Waals surface area contributed by atoms with Crippen LogP contribution in [-0.4, -0.2) is 32.5 Å². The number of nitrogens with zero attached hydrogens (tertiary/aromatic N) is 1. The predicted molar refractivity (Wildman–Crippen MR) is 86.8 cm³/mol. The van der Waals surface area contributed by atoms with Gasteiger partial charge in [0, 0.05) is 24.0 Å². The minimum Gasteiger partial charge on any atom is -0.369 e. The van der Waals surface area contributed by atoms with Gasteiger partial charge in [-0.25, -0.2) is 4.48 Å². The minimum atomic E-state index is -0.586. The van der Waals surface area contributed by atoms with E-state index in [1.54, 1.807) is 0 Å². The summed E-state index contributed by atoms with van der Waals surface area (Å²) in [5.41, 5.74) is 4.64. The molecule has 0 saturated heterocycles. The van der Waals surface area contributed by atoms with Crippen molar-refractivity contribution in [1.82, 2.24) is 0 Å². The second-order valence-corrected chi connectivity index (χ2v) is 7.21. The molecule has 3 nitrogen and oxygen atoms in total. The van der Waals surface area contributed by atoms with E-state index in [0.29, 0.717) is 10.9 Å². The largest absolute Gasteiger partial charge is 0.369 e. The molecule has 19 heavy (non-hydrogen) atoms. The summed E-state index contributed by atoms with van der Waals surface area (Å²) in [5, 5.41) is 0. The molecule has 1 aliphatic heterocycles. The Morgan fingerprint density at radius 3 is 1.95 bits per heavy atom. The molecule has 106 valence electrons. The van der Waals surface area contributed by atoms with Crippen LogP contribution >= 0.6 is 24.4 Å². The Balaban J connectivity index is 3.21. The number of quaternary nitrogens is 1. The van der Waals surface area contributed by atoms with E-state index in [9.17, 15) is 4.79 Å². The highest BCUT2D eigenvalue weighted by Crippen LogP contribution is 2.40. The van der Waals surface area contributed by atoms with Crippen LogP contribution in [0.4, 0.5) is 0 Å². The summed E-state index contributed by atoms with van der Waals surface area (Å²) in [6.45, 7) is 10.8. The zero-order valence-corrected chi connectivity index (χ0v) is 14.0.